The lowest BCUT2D eigenvalue weighted by molar-refractivity contribution is 0.306. The molecule has 0 bridgehead atoms. The van der Waals surface area contributed by atoms with Gasteiger partial charge < -0.3 is 24.4 Å². The van der Waals surface area contributed by atoms with Crippen molar-refractivity contribution in [3.05, 3.63) is 75.6 Å². The summed E-state index contributed by atoms with van der Waals surface area (Å²) in [7, 11) is 0. The molecule has 4 aromatic rings. The molecule has 0 aliphatic carbocycles. The highest BCUT2D eigenvalue weighted by molar-refractivity contribution is 5.84. The van der Waals surface area contributed by atoms with Gasteiger partial charge in [0.25, 0.3) is 0 Å². The molecule has 3 N–H and O–H groups in total. The fourth-order valence-corrected chi connectivity index (χ4v) is 3.04. The summed E-state index contributed by atoms with van der Waals surface area (Å²) in [5.41, 5.74) is 8.10. The summed E-state index contributed by atoms with van der Waals surface area (Å²) in [5, 5.41) is 10.9. The molecule has 0 amide bonds. The Hall–Kier alpha value is -3.67. The van der Waals surface area contributed by atoms with Crippen molar-refractivity contribution in [3.63, 3.8) is 0 Å². The number of benzene rings is 2. The number of anilines is 1. The van der Waals surface area contributed by atoms with Gasteiger partial charge in [0.15, 0.2) is 11.5 Å². The molecule has 0 aliphatic rings. The molecule has 2 aromatic carbocycles. The van der Waals surface area contributed by atoms with E-state index in [4.69, 9.17) is 19.3 Å². The molecule has 0 fully saturated rings. The van der Waals surface area contributed by atoms with Crippen LogP contribution in [0.5, 0.6) is 11.5 Å². The highest BCUT2D eigenvalue weighted by Gasteiger charge is 2.18. The van der Waals surface area contributed by atoms with Crippen molar-refractivity contribution in [2.24, 2.45) is 0 Å². The van der Waals surface area contributed by atoms with Crippen LogP contribution in [0.1, 0.15) is 16.7 Å². The molecule has 0 unspecified atom stereocenters. The third-order valence-corrected chi connectivity index (χ3v) is 4.62. The molecular weight excluding hydrogens is 358 g/mol. The molecule has 0 saturated carbocycles. The quantitative estimate of drug-likeness (QED) is 0.507. The van der Waals surface area contributed by atoms with Gasteiger partial charge >= 0.3 is 5.63 Å². The van der Waals surface area contributed by atoms with E-state index in [1.165, 1.54) is 6.92 Å². The Bertz CT molecular complexity index is 1240. The Morgan fingerprint density at radius 2 is 1.86 bits per heavy atom. The first-order chi connectivity index (χ1) is 13.4. The van der Waals surface area contributed by atoms with Gasteiger partial charge in [-0.15, -0.1) is 0 Å². The van der Waals surface area contributed by atoms with Gasteiger partial charge in [0, 0.05) is 16.6 Å². The lowest BCUT2D eigenvalue weighted by Crippen LogP contribution is -2.05. The number of hydrogen-bond donors (Lipinski definition) is 2. The predicted octanol–water partition coefficient (Wildman–Crippen LogP) is 4.54. The van der Waals surface area contributed by atoms with E-state index in [2.05, 4.69) is 0 Å². The minimum atomic E-state index is -0.593. The van der Waals surface area contributed by atoms with Crippen LogP contribution in [0.4, 0.5) is 5.69 Å². The second kappa shape index (κ2) is 6.81. The topological polar surface area (TPSA) is 98.8 Å². The van der Waals surface area contributed by atoms with Crippen LogP contribution in [0.2, 0.25) is 0 Å². The third-order valence-electron chi connectivity index (χ3n) is 4.62. The Balaban J connectivity index is 1.65. The van der Waals surface area contributed by atoms with Gasteiger partial charge in [-0.25, -0.2) is 4.79 Å². The summed E-state index contributed by atoms with van der Waals surface area (Å²) < 4.78 is 17.0. The third kappa shape index (κ3) is 3.20. The van der Waals surface area contributed by atoms with E-state index in [1.807, 2.05) is 30.3 Å². The SMILES string of the molecule is Cc1c(-c2cc3cc(OCc4cccc(N)c4)ccc3o2)oc(=O)c(C)c1O. The van der Waals surface area contributed by atoms with Crippen LogP contribution in [0.15, 0.2) is 62.2 Å². The molecule has 2 heterocycles. The maximum atomic E-state index is 11.9. The van der Waals surface area contributed by atoms with E-state index in [0.29, 0.717) is 35.0 Å². The summed E-state index contributed by atoms with van der Waals surface area (Å²) in [6.07, 6.45) is 0. The Kier molecular flexibility index (Phi) is 4.31. The van der Waals surface area contributed by atoms with Gasteiger partial charge in [-0.1, -0.05) is 12.1 Å². The minimum absolute atomic E-state index is 0.0853. The fraction of sp³-hybridized carbons (Fsp3) is 0.136. The zero-order valence-corrected chi connectivity index (χ0v) is 15.5. The molecule has 6 heteroatoms. The van der Waals surface area contributed by atoms with Crippen LogP contribution >= 0.6 is 0 Å². The van der Waals surface area contributed by atoms with E-state index in [-0.39, 0.29) is 17.1 Å². The molecule has 0 spiro atoms. The van der Waals surface area contributed by atoms with E-state index in [0.717, 1.165) is 10.9 Å². The first-order valence-electron chi connectivity index (χ1n) is 8.77. The van der Waals surface area contributed by atoms with Crippen molar-refractivity contribution in [3.8, 4) is 23.0 Å². The fourth-order valence-electron chi connectivity index (χ4n) is 3.04. The van der Waals surface area contributed by atoms with Crippen LogP contribution in [0.3, 0.4) is 0 Å². The van der Waals surface area contributed by atoms with Crippen LogP contribution in [0.25, 0.3) is 22.5 Å². The summed E-state index contributed by atoms with van der Waals surface area (Å²) in [5.74, 6) is 1.17. The Morgan fingerprint density at radius 3 is 2.64 bits per heavy atom. The lowest BCUT2D eigenvalue weighted by Gasteiger charge is -2.06. The number of ether oxygens (including phenoxy) is 1. The van der Waals surface area contributed by atoms with Crippen LogP contribution in [0, 0.1) is 13.8 Å². The number of fused-ring (bicyclic) bond motifs is 1. The molecule has 28 heavy (non-hydrogen) atoms. The van der Waals surface area contributed by atoms with Crippen molar-refractivity contribution in [1.82, 2.24) is 0 Å². The normalized spacial score (nSPS) is 11.1. The highest BCUT2D eigenvalue weighted by atomic mass is 16.5. The first-order valence-corrected chi connectivity index (χ1v) is 8.77. The van der Waals surface area contributed by atoms with Crippen molar-refractivity contribution < 1.29 is 18.7 Å². The zero-order chi connectivity index (χ0) is 19.8. The molecular formula is C22H19NO5. The van der Waals surface area contributed by atoms with E-state index in [1.54, 1.807) is 25.1 Å². The predicted molar refractivity (Wildman–Crippen MR) is 107 cm³/mol. The molecule has 6 nitrogen and oxygen atoms in total. The maximum absolute atomic E-state index is 11.9. The van der Waals surface area contributed by atoms with Gasteiger partial charge in [0.2, 0.25) is 0 Å². The second-order valence-electron chi connectivity index (χ2n) is 6.66. The summed E-state index contributed by atoms with van der Waals surface area (Å²) in [6, 6.07) is 14.7. The number of aromatic hydroxyl groups is 1. The molecule has 0 aliphatic heterocycles. The number of nitrogens with two attached hydrogens (primary N) is 1. The largest absolute Gasteiger partial charge is 0.507 e. The molecule has 0 atom stereocenters. The minimum Gasteiger partial charge on any atom is -0.507 e. The average Bonchev–Trinajstić information content (AvgIpc) is 3.10. The van der Waals surface area contributed by atoms with Gasteiger partial charge in [-0.2, -0.15) is 0 Å². The second-order valence-corrected chi connectivity index (χ2v) is 6.66. The van der Waals surface area contributed by atoms with Gasteiger partial charge in [-0.05, 0) is 55.8 Å². The maximum Gasteiger partial charge on any atom is 0.343 e. The van der Waals surface area contributed by atoms with E-state index < -0.39 is 5.63 Å². The van der Waals surface area contributed by atoms with Gasteiger partial charge in [0.1, 0.15) is 23.7 Å². The number of hydrogen-bond acceptors (Lipinski definition) is 6. The van der Waals surface area contributed by atoms with Crippen molar-refractivity contribution in [1.29, 1.82) is 0 Å². The van der Waals surface area contributed by atoms with Gasteiger partial charge in [0.05, 0.1) is 5.56 Å². The smallest absolute Gasteiger partial charge is 0.343 e. The summed E-state index contributed by atoms with van der Waals surface area (Å²) >= 11 is 0. The van der Waals surface area contributed by atoms with E-state index >= 15 is 0 Å². The van der Waals surface area contributed by atoms with Crippen molar-refractivity contribution in [2.45, 2.75) is 20.5 Å². The van der Waals surface area contributed by atoms with E-state index in [9.17, 15) is 9.90 Å². The van der Waals surface area contributed by atoms with Crippen molar-refractivity contribution >= 4 is 16.7 Å². The number of furan rings is 1. The molecule has 2 aromatic heterocycles. The molecule has 0 saturated heterocycles. The first kappa shape index (κ1) is 17.7. The summed E-state index contributed by atoms with van der Waals surface area (Å²) in [6.45, 7) is 3.58. The molecule has 142 valence electrons. The lowest BCUT2D eigenvalue weighted by atomic mass is 10.1. The number of rotatable bonds is 4. The number of nitrogen functional groups attached to an aromatic ring is 1. The van der Waals surface area contributed by atoms with Crippen molar-refractivity contribution in [2.75, 3.05) is 5.73 Å². The Morgan fingerprint density at radius 1 is 1.04 bits per heavy atom. The monoisotopic (exact) mass is 377 g/mol. The summed E-state index contributed by atoms with van der Waals surface area (Å²) in [4.78, 5) is 11.9. The Labute approximate surface area is 160 Å². The molecule has 0 radical (unpaired) electrons. The standard InChI is InChI=1S/C22H19NO5/c1-12-20(24)13(2)22(25)28-21(12)19-10-15-9-17(6-7-18(15)27-19)26-11-14-4-3-5-16(23)8-14/h3-10,24H,11,23H2,1-2H3. The zero-order valence-electron chi connectivity index (χ0n) is 15.5. The van der Waals surface area contributed by atoms with Crippen LogP contribution in [-0.4, -0.2) is 5.11 Å². The average molecular weight is 377 g/mol. The van der Waals surface area contributed by atoms with Crippen LogP contribution in [-0.2, 0) is 6.61 Å². The van der Waals surface area contributed by atoms with Crippen LogP contribution < -0.4 is 16.1 Å². The highest BCUT2D eigenvalue weighted by Crippen LogP contribution is 2.34. The van der Waals surface area contributed by atoms with Gasteiger partial charge in [-0.3, -0.25) is 0 Å². The molecule has 4 rings (SSSR count).